The summed E-state index contributed by atoms with van der Waals surface area (Å²) in [6.07, 6.45) is 2.05. The number of nitrogens with one attached hydrogen (secondary N) is 1. The molecule has 2 heterocycles. The maximum atomic E-state index is 4.51. The first kappa shape index (κ1) is 13.6. The second-order valence-corrected chi connectivity index (χ2v) is 6.65. The van der Waals surface area contributed by atoms with Gasteiger partial charge in [0.15, 0.2) is 0 Å². The van der Waals surface area contributed by atoms with E-state index in [-0.39, 0.29) is 0 Å². The molecule has 0 aliphatic carbocycles. The normalized spacial score (nSPS) is 13.0. The Hall–Kier alpha value is -0.810. The molecule has 2 aromatic rings. The second kappa shape index (κ2) is 5.45. The minimum absolute atomic E-state index is 0.294. The lowest BCUT2D eigenvalue weighted by Gasteiger charge is -2.14. The van der Waals surface area contributed by atoms with Gasteiger partial charge in [-0.3, -0.25) is 4.68 Å². The van der Waals surface area contributed by atoms with Crippen LogP contribution in [0.25, 0.3) is 0 Å². The van der Waals surface area contributed by atoms with Crippen molar-refractivity contribution in [2.75, 3.05) is 5.32 Å². The Morgan fingerprint density at radius 1 is 1.39 bits per heavy atom. The standard InChI is InChI=1S/C13H18BrN3S/c1-8(2)13-11(6-17(4)16-13)15-9(3)12-5-10(14)7-18-12/h5-9,15H,1-4H3. The van der Waals surface area contributed by atoms with Crippen LogP contribution < -0.4 is 5.32 Å². The highest BCUT2D eigenvalue weighted by Crippen LogP contribution is 2.30. The largest absolute Gasteiger partial charge is 0.375 e. The highest BCUT2D eigenvalue weighted by Gasteiger charge is 2.15. The fourth-order valence-corrected chi connectivity index (χ4v) is 3.36. The minimum atomic E-state index is 0.294. The Balaban J connectivity index is 2.18. The first-order valence-corrected chi connectivity index (χ1v) is 7.68. The molecule has 5 heteroatoms. The van der Waals surface area contributed by atoms with Crippen molar-refractivity contribution in [3.8, 4) is 0 Å². The molecule has 0 radical (unpaired) electrons. The summed E-state index contributed by atoms with van der Waals surface area (Å²) in [4.78, 5) is 1.32. The highest BCUT2D eigenvalue weighted by atomic mass is 79.9. The number of halogens is 1. The van der Waals surface area contributed by atoms with Gasteiger partial charge < -0.3 is 5.32 Å². The van der Waals surface area contributed by atoms with E-state index in [1.54, 1.807) is 11.3 Å². The summed E-state index contributed by atoms with van der Waals surface area (Å²) in [6, 6.07) is 2.45. The molecular weight excluding hydrogens is 310 g/mol. The van der Waals surface area contributed by atoms with Crippen LogP contribution in [0, 0.1) is 0 Å². The smallest absolute Gasteiger partial charge is 0.0881 e. The van der Waals surface area contributed by atoms with Crippen LogP contribution in [-0.4, -0.2) is 9.78 Å². The van der Waals surface area contributed by atoms with Crippen LogP contribution in [0.5, 0.6) is 0 Å². The van der Waals surface area contributed by atoms with Crippen LogP contribution in [-0.2, 0) is 7.05 Å². The fraction of sp³-hybridized carbons (Fsp3) is 0.462. The van der Waals surface area contributed by atoms with E-state index in [4.69, 9.17) is 0 Å². The first-order valence-electron chi connectivity index (χ1n) is 6.01. The molecule has 0 saturated heterocycles. The minimum Gasteiger partial charge on any atom is -0.375 e. The third kappa shape index (κ3) is 2.95. The van der Waals surface area contributed by atoms with Gasteiger partial charge in [0.2, 0.25) is 0 Å². The van der Waals surface area contributed by atoms with Crippen LogP contribution in [0.2, 0.25) is 0 Å². The summed E-state index contributed by atoms with van der Waals surface area (Å²) in [5, 5.41) is 10.2. The molecule has 2 aromatic heterocycles. The van der Waals surface area contributed by atoms with E-state index >= 15 is 0 Å². The number of aryl methyl sites for hydroxylation is 1. The molecule has 0 saturated carbocycles. The zero-order chi connectivity index (χ0) is 13.3. The number of rotatable bonds is 4. The SMILES string of the molecule is CC(C)c1nn(C)cc1NC(C)c1cc(Br)cs1. The Labute approximate surface area is 120 Å². The Kier molecular flexibility index (Phi) is 4.12. The van der Waals surface area contributed by atoms with Gasteiger partial charge in [-0.15, -0.1) is 11.3 Å². The maximum absolute atomic E-state index is 4.51. The van der Waals surface area contributed by atoms with Crippen molar-refractivity contribution >= 4 is 33.0 Å². The molecule has 0 bridgehead atoms. The van der Waals surface area contributed by atoms with Crippen molar-refractivity contribution < 1.29 is 0 Å². The number of hydrogen-bond acceptors (Lipinski definition) is 3. The predicted octanol–water partition coefficient (Wildman–Crippen LogP) is 4.54. The second-order valence-electron chi connectivity index (χ2n) is 4.79. The molecule has 0 fully saturated rings. The van der Waals surface area contributed by atoms with E-state index in [0.717, 1.165) is 15.9 Å². The molecule has 0 aliphatic rings. The number of hydrogen-bond donors (Lipinski definition) is 1. The fourth-order valence-electron chi connectivity index (χ4n) is 1.90. The molecule has 98 valence electrons. The Morgan fingerprint density at radius 2 is 2.11 bits per heavy atom. The van der Waals surface area contributed by atoms with Crippen LogP contribution in [0.15, 0.2) is 22.1 Å². The van der Waals surface area contributed by atoms with Gasteiger partial charge in [-0.2, -0.15) is 5.10 Å². The van der Waals surface area contributed by atoms with Gasteiger partial charge in [-0.1, -0.05) is 13.8 Å². The number of aromatic nitrogens is 2. The molecule has 0 amide bonds. The summed E-state index contributed by atoms with van der Waals surface area (Å²) in [5.74, 6) is 0.427. The van der Waals surface area contributed by atoms with E-state index in [2.05, 4.69) is 64.8 Å². The first-order chi connectivity index (χ1) is 8.47. The molecule has 1 atom stereocenters. The number of thiophene rings is 1. The molecule has 0 aromatic carbocycles. The van der Waals surface area contributed by atoms with Gasteiger partial charge in [-0.25, -0.2) is 0 Å². The molecule has 18 heavy (non-hydrogen) atoms. The van der Waals surface area contributed by atoms with E-state index in [1.807, 2.05) is 11.7 Å². The van der Waals surface area contributed by atoms with Gasteiger partial charge in [0.25, 0.3) is 0 Å². The number of anilines is 1. The summed E-state index contributed by atoms with van der Waals surface area (Å²) < 4.78 is 3.01. The average molecular weight is 328 g/mol. The quantitative estimate of drug-likeness (QED) is 0.893. The molecule has 0 aliphatic heterocycles. The highest BCUT2D eigenvalue weighted by molar-refractivity contribution is 9.10. The molecule has 1 unspecified atom stereocenters. The van der Waals surface area contributed by atoms with Gasteiger partial charge >= 0.3 is 0 Å². The monoisotopic (exact) mass is 327 g/mol. The average Bonchev–Trinajstić information content (AvgIpc) is 2.85. The van der Waals surface area contributed by atoms with Gasteiger partial charge in [0.05, 0.1) is 17.4 Å². The van der Waals surface area contributed by atoms with Crippen molar-refractivity contribution in [1.82, 2.24) is 9.78 Å². The summed E-state index contributed by atoms with van der Waals surface area (Å²) in [5.41, 5.74) is 2.25. The predicted molar refractivity (Wildman–Crippen MR) is 81.4 cm³/mol. The molecule has 3 nitrogen and oxygen atoms in total. The number of nitrogens with zero attached hydrogens (tertiary/aromatic N) is 2. The summed E-state index contributed by atoms with van der Waals surface area (Å²) >= 11 is 5.26. The third-order valence-electron chi connectivity index (χ3n) is 2.79. The lowest BCUT2D eigenvalue weighted by atomic mass is 10.1. The summed E-state index contributed by atoms with van der Waals surface area (Å²) in [6.45, 7) is 6.51. The zero-order valence-electron chi connectivity index (χ0n) is 11.1. The molecule has 1 N–H and O–H groups in total. The van der Waals surface area contributed by atoms with Crippen molar-refractivity contribution in [1.29, 1.82) is 0 Å². The Bertz CT molecular complexity index is 530. The van der Waals surface area contributed by atoms with E-state index in [0.29, 0.717) is 12.0 Å². The van der Waals surface area contributed by atoms with E-state index in [9.17, 15) is 0 Å². The van der Waals surface area contributed by atoms with Crippen LogP contribution in [0.1, 0.15) is 43.3 Å². The lowest BCUT2D eigenvalue weighted by molar-refractivity contribution is 0.713. The van der Waals surface area contributed by atoms with Gasteiger partial charge in [0, 0.05) is 28.0 Å². The van der Waals surface area contributed by atoms with Crippen molar-refractivity contribution in [2.24, 2.45) is 7.05 Å². The molecule has 2 rings (SSSR count). The summed E-state index contributed by atoms with van der Waals surface area (Å²) in [7, 11) is 1.96. The van der Waals surface area contributed by atoms with Gasteiger partial charge in [0.1, 0.15) is 0 Å². The maximum Gasteiger partial charge on any atom is 0.0881 e. The van der Waals surface area contributed by atoms with Crippen LogP contribution in [0.4, 0.5) is 5.69 Å². The van der Waals surface area contributed by atoms with Crippen molar-refractivity contribution in [3.05, 3.63) is 32.7 Å². The molecular formula is C13H18BrN3S. The van der Waals surface area contributed by atoms with Crippen molar-refractivity contribution in [2.45, 2.75) is 32.7 Å². The van der Waals surface area contributed by atoms with Crippen LogP contribution >= 0.6 is 27.3 Å². The van der Waals surface area contributed by atoms with Crippen LogP contribution in [0.3, 0.4) is 0 Å². The topological polar surface area (TPSA) is 29.9 Å². The van der Waals surface area contributed by atoms with Crippen molar-refractivity contribution in [3.63, 3.8) is 0 Å². The zero-order valence-corrected chi connectivity index (χ0v) is 13.5. The lowest BCUT2D eigenvalue weighted by Crippen LogP contribution is -2.06. The third-order valence-corrected chi connectivity index (χ3v) is 4.67. The Morgan fingerprint density at radius 3 is 2.67 bits per heavy atom. The molecule has 0 spiro atoms. The van der Waals surface area contributed by atoms with E-state index in [1.165, 1.54) is 4.88 Å². The van der Waals surface area contributed by atoms with E-state index < -0.39 is 0 Å². The van der Waals surface area contributed by atoms with Gasteiger partial charge in [-0.05, 0) is 34.8 Å².